The van der Waals surface area contributed by atoms with Gasteiger partial charge in [-0.1, -0.05) is 11.6 Å². The summed E-state index contributed by atoms with van der Waals surface area (Å²) in [5, 5.41) is 3.72. The molecule has 1 saturated heterocycles. The monoisotopic (exact) mass is 665 g/mol. The number of hydrogen-bond acceptors (Lipinski definition) is 10. The number of nitrogens with one attached hydrogen (secondary N) is 1. The molecule has 6 rings (SSSR count). The second kappa shape index (κ2) is 11.5. The maximum atomic E-state index is 12.5. The number of benzene rings is 2. The van der Waals surface area contributed by atoms with Crippen LogP contribution >= 0.6 is 27.5 Å². The Kier molecular flexibility index (Phi) is 7.69. The van der Waals surface area contributed by atoms with E-state index in [9.17, 15) is 4.79 Å². The number of ether oxygens (including phenoxy) is 2. The first-order valence-electron chi connectivity index (χ1n) is 13.6. The van der Waals surface area contributed by atoms with Gasteiger partial charge in [-0.25, -0.2) is 29.7 Å². The number of aromatic nitrogens is 6. The lowest BCUT2D eigenvalue weighted by Crippen LogP contribution is -2.50. The molecule has 3 aromatic heterocycles. The van der Waals surface area contributed by atoms with Crippen LogP contribution in [0.5, 0.6) is 11.5 Å². The van der Waals surface area contributed by atoms with Gasteiger partial charge in [0, 0.05) is 45.4 Å². The molecule has 1 N–H and O–H groups in total. The molecule has 12 nitrogen and oxygen atoms in total. The molecule has 0 atom stereocenters. The van der Waals surface area contributed by atoms with Crippen LogP contribution in [0.25, 0.3) is 22.1 Å². The second-order valence-corrected chi connectivity index (χ2v) is 12.3. The molecule has 4 heterocycles. The zero-order chi connectivity index (χ0) is 30.3. The van der Waals surface area contributed by atoms with Crippen molar-refractivity contribution in [3.05, 3.63) is 58.7 Å². The number of hydrogen-bond donors (Lipinski definition) is 1. The lowest BCUT2D eigenvalue weighted by molar-refractivity contribution is 0.0240. The molecule has 0 radical (unpaired) electrons. The molecule has 1 fully saturated rings. The molecule has 0 spiro atoms. The van der Waals surface area contributed by atoms with Gasteiger partial charge in [0.15, 0.2) is 5.82 Å². The minimum absolute atomic E-state index is 0.319. The van der Waals surface area contributed by atoms with E-state index in [0.29, 0.717) is 75.7 Å². The fourth-order valence-electron chi connectivity index (χ4n) is 4.64. The Morgan fingerprint density at radius 3 is 2.58 bits per heavy atom. The molecule has 0 aliphatic carbocycles. The first-order chi connectivity index (χ1) is 20.5. The Morgan fingerprint density at radius 1 is 1.02 bits per heavy atom. The van der Waals surface area contributed by atoms with Crippen LogP contribution in [0, 0.1) is 0 Å². The van der Waals surface area contributed by atoms with Gasteiger partial charge in [-0.2, -0.15) is 0 Å². The first kappa shape index (κ1) is 28.9. The normalized spacial score (nSPS) is 13.9. The van der Waals surface area contributed by atoms with Gasteiger partial charge in [0.05, 0.1) is 38.7 Å². The van der Waals surface area contributed by atoms with Gasteiger partial charge in [-0.15, -0.1) is 0 Å². The zero-order valence-corrected chi connectivity index (χ0v) is 26.3. The Hall–Kier alpha value is -4.23. The van der Waals surface area contributed by atoms with Crippen molar-refractivity contribution in [2.24, 2.45) is 7.05 Å². The highest BCUT2D eigenvalue weighted by molar-refractivity contribution is 9.10. The number of nitrogens with zero attached hydrogens (tertiary/aromatic N) is 8. The molecule has 1 aliphatic heterocycles. The third-order valence-electron chi connectivity index (χ3n) is 6.78. The summed E-state index contributed by atoms with van der Waals surface area (Å²) in [5.41, 5.74) is 3.03. The molecule has 43 heavy (non-hydrogen) atoms. The SMILES string of the molecule is Cn1cnc2cc(Oc3cc(Cl)c(Nc4ncnc5cnc(N6CCN(C(=O)OC(C)(C)C)CC6)nc45)cc3Br)ccc21. The molecular weight excluding hydrogens is 638 g/mol. The first-order valence-corrected chi connectivity index (χ1v) is 14.8. The lowest BCUT2D eigenvalue weighted by atomic mass is 10.2. The van der Waals surface area contributed by atoms with Crippen molar-refractivity contribution in [3.8, 4) is 11.5 Å². The van der Waals surface area contributed by atoms with Crippen molar-refractivity contribution < 1.29 is 14.3 Å². The number of rotatable bonds is 5. The Balaban J connectivity index is 1.19. The van der Waals surface area contributed by atoms with E-state index in [-0.39, 0.29) is 6.09 Å². The molecule has 1 amide bonds. The van der Waals surface area contributed by atoms with Crippen molar-refractivity contribution in [1.82, 2.24) is 34.4 Å². The van der Waals surface area contributed by atoms with Crippen LogP contribution in [-0.2, 0) is 11.8 Å². The number of halogens is 2. The summed E-state index contributed by atoms with van der Waals surface area (Å²) in [4.78, 5) is 38.6. The summed E-state index contributed by atoms with van der Waals surface area (Å²) in [6.07, 6.45) is 4.55. The van der Waals surface area contributed by atoms with Crippen molar-refractivity contribution in [1.29, 1.82) is 0 Å². The fourth-order valence-corrected chi connectivity index (χ4v) is 5.27. The number of amides is 1. The minimum atomic E-state index is -0.542. The van der Waals surface area contributed by atoms with Crippen molar-refractivity contribution >= 4 is 73.1 Å². The predicted molar refractivity (Wildman–Crippen MR) is 168 cm³/mol. The van der Waals surface area contributed by atoms with Crippen LogP contribution in [0.4, 0.5) is 22.2 Å². The van der Waals surface area contributed by atoms with E-state index in [1.54, 1.807) is 23.5 Å². The average Bonchev–Trinajstić information content (AvgIpc) is 3.34. The summed E-state index contributed by atoms with van der Waals surface area (Å²) in [6.45, 7) is 7.70. The standard InChI is InChI=1S/C29H29BrClN9O3/c1-29(2,3)43-28(41)40-9-7-39(8-10-40)27-32-14-22-25(37-27)26(34-15-33-22)36-20-12-18(30)24(13-19(20)31)42-17-5-6-23-21(11-17)35-16-38(23)4/h5-6,11-16H,7-10H2,1-4H3,(H,33,34,36). The van der Waals surface area contributed by atoms with E-state index in [1.165, 1.54) is 6.33 Å². The van der Waals surface area contributed by atoms with Gasteiger partial charge >= 0.3 is 6.09 Å². The zero-order valence-electron chi connectivity index (χ0n) is 24.0. The van der Waals surface area contributed by atoms with Gasteiger partial charge in [-0.3, -0.25) is 0 Å². The predicted octanol–water partition coefficient (Wildman–Crippen LogP) is 6.32. The Morgan fingerprint density at radius 2 is 1.81 bits per heavy atom. The van der Waals surface area contributed by atoms with Crippen LogP contribution in [0.2, 0.25) is 5.02 Å². The maximum Gasteiger partial charge on any atom is 0.410 e. The Bertz CT molecular complexity index is 1830. The largest absolute Gasteiger partial charge is 0.456 e. The molecule has 0 saturated carbocycles. The minimum Gasteiger partial charge on any atom is -0.456 e. The van der Waals surface area contributed by atoms with Crippen molar-refractivity contribution in [2.45, 2.75) is 26.4 Å². The smallest absolute Gasteiger partial charge is 0.410 e. The summed E-state index contributed by atoms with van der Waals surface area (Å²) in [5.74, 6) is 2.19. The van der Waals surface area contributed by atoms with Crippen LogP contribution in [-0.4, -0.2) is 72.3 Å². The third-order valence-corrected chi connectivity index (χ3v) is 7.71. The third kappa shape index (κ3) is 6.27. The van der Waals surface area contributed by atoms with Crippen LogP contribution in [0.3, 0.4) is 0 Å². The maximum absolute atomic E-state index is 12.5. The molecular formula is C29H29BrClN9O3. The second-order valence-electron chi connectivity index (χ2n) is 11.1. The Labute approximate surface area is 261 Å². The highest BCUT2D eigenvalue weighted by atomic mass is 79.9. The summed E-state index contributed by atoms with van der Waals surface area (Å²) in [7, 11) is 1.95. The lowest BCUT2D eigenvalue weighted by Gasteiger charge is -2.35. The molecule has 222 valence electrons. The number of fused-ring (bicyclic) bond motifs is 2. The quantitative estimate of drug-likeness (QED) is 0.228. The fraction of sp³-hybridized carbons (Fsp3) is 0.310. The van der Waals surface area contributed by atoms with Crippen LogP contribution < -0.4 is 15.0 Å². The number of imidazole rings is 1. The number of aryl methyl sites for hydroxylation is 1. The van der Waals surface area contributed by atoms with E-state index < -0.39 is 5.60 Å². The van der Waals surface area contributed by atoms with E-state index >= 15 is 0 Å². The molecule has 14 heteroatoms. The van der Waals surface area contributed by atoms with Gasteiger partial charge < -0.3 is 29.2 Å². The summed E-state index contributed by atoms with van der Waals surface area (Å²) in [6, 6.07) is 9.27. The highest BCUT2D eigenvalue weighted by Crippen LogP contribution is 2.39. The summed E-state index contributed by atoms with van der Waals surface area (Å²) >= 11 is 10.3. The highest BCUT2D eigenvalue weighted by Gasteiger charge is 2.27. The van der Waals surface area contributed by atoms with Crippen molar-refractivity contribution in [2.75, 3.05) is 36.4 Å². The van der Waals surface area contributed by atoms with Crippen LogP contribution in [0.15, 0.2) is 53.7 Å². The molecule has 0 unspecified atom stereocenters. The van der Waals surface area contributed by atoms with E-state index in [2.05, 4.69) is 41.2 Å². The van der Waals surface area contributed by atoms with Gasteiger partial charge in [0.2, 0.25) is 5.95 Å². The van der Waals surface area contributed by atoms with Gasteiger partial charge in [0.1, 0.15) is 34.5 Å². The van der Waals surface area contributed by atoms with Gasteiger partial charge in [0.25, 0.3) is 0 Å². The van der Waals surface area contributed by atoms with Crippen LogP contribution in [0.1, 0.15) is 20.8 Å². The molecule has 1 aliphatic rings. The van der Waals surface area contributed by atoms with E-state index in [1.807, 2.05) is 61.6 Å². The van der Waals surface area contributed by atoms with E-state index in [0.717, 1.165) is 11.0 Å². The number of carbonyl (C=O) groups is 1. The molecule has 0 bridgehead atoms. The van der Waals surface area contributed by atoms with E-state index in [4.69, 9.17) is 26.1 Å². The number of carbonyl (C=O) groups excluding carboxylic acids is 1. The molecule has 2 aromatic carbocycles. The number of anilines is 3. The number of piperazine rings is 1. The van der Waals surface area contributed by atoms with Crippen molar-refractivity contribution in [3.63, 3.8) is 0 Å². The topological polar surface area (TPSA) is 123 Å². The average molecular weight is 667 g/mol. The molecule has 5 aromatic rings. The summed E-state index contributed by atoms with van der Waals surface area (Å²) < 4.78 is 14.3. The van der Waals surface area contributed by atoms with Gasteiger partial charge in [-0.05, 0) is 54.9 Å².